The number of carbonyl (C=O) groups excluding carboxylic acids is 1. The van der Waals surface area contributed by atoms with Crippen LogP contribution in [0.25, 0.3) is 0 Å². The van der Waals surface area contributed by atoms with Gasteiger partial charge in [-0.3, -0.25) is 4.79 Å². The topological polar surface area (TPSA) is 49.3 Å². The van der Waals surface area contributed by atoms with Crippen molar-refractivity contribution in [2.45, 2.75) is 25.9 Å². The maximum Gasteiger partial charge on any atom is 0.254 e. The van der Waals surface area contributed by atoms with Gasteiger partial charge in [0.1, 0.15) is 5.82 Å². The van der Waals surface area contributed by atoms with E-state index in [4.69, 9.17) is 0 Å². The molecule has 0 fully saturated rings. The molecule has 17 heavy (non-hydrogen) atoms. The fraction of sp³-hybridized carbons (Fsp3) is 0.417. The van der Waals surface area contributed by atoms with E-state index in [-0.39, 0.29) is 12.1 Å². The van der Waals surface area contributed by atoms with E-state index in [9.17, 15) is 14.3 Å². The summed E-state index contributed by atoms with van der Waals surface area (Å²) in [6.07, 6.45) is 0.510. The lowest BCUT2D eigenvalue weighted by molar-refractivity contribution is 0.0517. The molecule has 1 rings (SSSR count). The summed E-state index contributed by atoms with van der Waals surface area (Å²) in [5.74, 6) is -1.11. The summed E-state index contributed by atoms with van der Waals surface area (Å²) in [4.78, 5) is 11.7. The molecule has 5 heteroatoms. The Hall–Kier alpha value is -0.940. The number of rotatable bonds is 4. The second kappa shape index (κ2) is 5.60. The molecule has 1 aromatic carbocycles. The molecular formula is C12H15BrFNO2. The van der Waals surface area contributed by atoms with Gasteiger partial charge in [0.2, 0.25) is 0 Å². The Labute approximate surface area is 108 Å². The summed E-state index contributed by atoms with van der Waals surface area (Å²) in [7, 11) is 0. The lowest BCUT2D eigenvalue weighted by atomic mass is 10.0. The molecule has 0 aliphatic heterocycles. The number of benzene rings is 1. The first-order valence-corrected chi connectivity index (χ1v) is 6.10. The van der Waals surface area contributed by atoms with Gasteiger partial charge in [-0.2, -0.15) is 0 Å². The number of amides is 1. The summed E-state index contributed by atoms with van der Waals surface area (Å²) in [6, 6.07) is 4.22. The van der Waals surface area contributed by atoms with Crippen LogP contribution in [0.15, 0.2) is 22.7 Å². The van der Waals surface area contributed by atoms with Crippen LogP contribution < -0.4 is 5.32 Å². The van der Waals surface area contributed by atoms with Crippen molar-refractivity contribution < 1.29 is 14.3 Å². The van der Waals surface area contributed by atoms with Crippen LogP contribution in [0, 0.1) is 5.82 Å². The molecule has 3 nitrogen and oxygen atoms in total. The minimum absolute atomic E-state index is 0.0277. The van der Waals surface area contributed by atoms with Crippen molar-refractivity contribution in [2.75, 3.05) is 6.54 Å². The molecule has 2 N–H and O–H groups in total. The quantitative estimate of drug-likeness (QED) is 0.898. The van der Waals surface area contributed by atoms with Crippen molar-refractivity contribution in [3.05, 3.63) is 34.1 Å². The van der Waals surface area contributed by atoms with Crippen molar-refractivity contribution in [1.29, 1.82) is 0 Å². The molecule has 0 heterocycles. The third kappa shape index (κ3) is 4.09. The van der Waals surface area contributed by atoms with Crippen LogP contribution in [-0.2, 0) is 0 Å². The van der Waals surface area contributed by atoms with Gasteiger partial charge in [-0.25, -0.2) is 4.39 Å². The molecule has 1 atom stereocenters. The van der Waals surface area contributed by atoms with Crippen molar-refractivity contribution in [3.63, 3.8) is 0 Å². The molecule has 0 aliphatic carbocycles. The van der Waals surface area contributed by atoms with Crippen LogP contribution in [-0.4, -0.2) is 23.2 Å². The maximum absolute atomic E-state index is 13.4. The monoisotopic (exact) mass is 303 g/mol. The second-order valence-corrected chi connectivity index (χ2v) is 5.07. The van der Waals surface area contributed by atoms with E-state index in [0.717, 1.165) is 0 Å². The zero-order valence-corrected chi connectivity index (χ0v) is 11.3. The Morgan fingerprint density at radius 2 is 2.24 bits per heavy atom. The van der Waals surface area contributed by atoms with Crippen molar-refractivity contribution in [3.8, 4) is 0 Å². The highest BCUT2D eigenvalue weighted by atomic mass is 79.9. The molecular weight excluding hydrogens is 289 g/mol. The average Bonchev–Trinajstić information content (AvgIpc) is 2.26. The van der Waals surface area contributed by atoms with E-state index in [1.54, 1.807) is 13.0 Å². The highest BCUT2D eigenvalue weighted by Crippen LogP contribution is 2.15. The van der Waals surface area contributed by atoms with Crippen molar-refractivity contribution >= 4 is 21.8 Å². The van der Waals surface area contributed by atoms with Gasteiger partial charge in [0.15, 0.2) is 0 Å². The van der Waals surface area contributed by atoms with Crippen molar-refractivity contribution in [2.24, 2.45) is 0 Å². The average molecular weight is 304 g/mol. The number of nitrogens with one attached hydrogen (secondary N) is 1. The zero-order chi connectivity index (χ0) is 13.1. The Balaban J connectivity index is 2.71. The summed E-state index contributed by atoms with van der Waals surface area (Å²) >= 11 is 3.12. The molecule has 1 aromatic rings. The number of halogens is 2. The van der Waals surface area contributed by atoms with Gasteiger partial charge >= 0.3 is 0 Å². The minimum Gasteiger partial charge on any atom is -0.388 e. The maximum atomic E-state index is 13.4. The molecule has 0 aromatic heterocycles. The Morgan fingerprint density at radius 1 is 1.59 bits per heavy atom. The molecule has 0 saturated carbocycles. The van der Waals surface area contributed by atoms with Crippen LogP contribution in [0.2, 0.25) is 0 Å². The lowest BCUT2D eigenvalue weighted by Crippen LogP contribution is -2.40. The number of aliphatic hydroxyl groups is 1. The molecule has 1 unspecified atom stereocenters. The Morgan fingerprint density at radius 3 is 2.76 bits per heavy atom. The SMILES string of the molecule is CCC(C)(O)CNC(=O)c1ccc(Br)cc1F. The van der Waals surface area contributed by atoms with Gasteiger partial charge < -0.3 is 10.4 Å². The fourth-order valence-corrected chi connectivity index (χ4v) is 1.50. The van der Waals surface area contributed by atoms with Crippen LogP contribution in [0.3, 0.4) is 0 Å². The first-order chi connectivity index (χ1) is 7.85. The Bertz CT molecular complexity index is 421. The molecule has 1 amide bonds. The summed E-state index contributed by atoms with van der Waals surface area (Å²) < 4.78 is 14.0. The molecule has 0 radical (unpaired) electrons. The van der Waals surface area contributed by atoms with E-state index < -0.39 is 17.3 Å². The van der Waals surface area contributed by atoms with Gasteiger partial charge in [0.25, 0.3) is 5.91 Å². The fourth-order valence-electron chi connectivity index (χ4n) is 1.16. The third-order valence-corrected chi connectivity index (χ3v) is 3.06. The van der Waals surface area contributed by atoms with Gasteiger partial charge in [0.05, 0.1) is 11.2 Å². The van der Waals surface area contributed by atoms with E-state index >= 15 is 0 Å². The van der Waals surface area contributed by atoms with Crippen LogP contribution in [0.4, 0.5) is 4.39 Å². The third-order valence-electron chi connectivity index (χ3n) is 2.57. The standard InChI is InChI=1S/C12H15BrFNO2/c1-3-12(2,17)7-15-11(16)9-5-4-8(13)6-10(9)14/h4-6,17H,3,7H2,1-2H3,(H,15,16). The predicted octanol–water partition coefficient (Wildman–Crippen LogP) is 2.48. The zero-order valence-electron chi connectivity index (χ0n) is 9.76. The van der Waals surface area contributed by atoms with E-state index in [1.807, 2.05) is 6.92 Å². The highest BCUT2D eigenvalue weighted by Gasteiger charge is 2.20. The smallest absolute Gasteiger partial charge is 0.254 e. The van der Waals surface area contributed by atoms with Crippen LogP contribution in [0.5, 0.6) is 0 Å². The normalized spacial score (nSPS) is 14.2. The van der Waals surface area contributed by atoms with Gasteiger partial charge in [-0.15, -0.1) is 0 Å². The molecule has 94 valence electrons. The van der Waals surface area contributed by atoms with Gasteiger partial charge in [0, 0.05) is 11.0 Å². The summed E-state index contributed by atoms with van der Waals surface area (Å²) in [5.41, 5.74) is -0.998. The van der Waals surface area contributed by atoms with Crippen molar-refractivity contribution in [1.82, 2.24) is 5.32 Å². The van der Waals surface area contributed by atoms with Crippen LogP contribution in [0.1, 0.15) is 30.6 Å². The molecule has 0 bridgehead atoms. The van der Waals surface area contributed by atoms with E-state index in [1.165, 1.54) is 12.1 Å². The number of hydrogen-bond donors (Lipinski definition) is 2. The first kappa shape index (κ1) is 14.1. The summed E-state index contributed by atoms with van der Waals surface area (Å²) in [6.45, 7) is 3.52. The largest absolute Gasteiger partial charge is 0.388 e. The van der Waals surface area contributed by atoms with Crippen LogP contribution >= 0.6 is 15.9 Å². The molecule has 0 saturated heterocycles. The molecule has 0 aliphatic rings. The molecule has 0 spiro atoms. The number of hydrogen-bond acceptors (Lipinski definition) is 2. The van der Waals surface area contributed by atoms with E-state index in [0.29, 0.717) is 10.9 Å². The Kier molecular flexibility index (Phi) is 4.65. The number of carbonyl (C=O) groups is 1. The lowest BCUT2D eigenvalue weighted by Gasteiger charge is -2.21. The predicted molar refractivity (Wildman–Crippen MR) is 67.3 cm³/mol. The van der Waals surface area contributed by atoms with Gasteiger partial charge in [-0.1, -0.05) is 22.9 Å². The highest BCUT2D eigenvalue weighted by molar-refractivity contribution is 9.10. The van der Waals surface area contributed by atoms with E-state index in [2.05, 4.69) is 21.2 Å². The second-order valence-electron chi connectivity index (χ2n) is 4.16. The first-order valence-electron chi connectivity index (χ1n) is 5.31. The van der Waals surface area contributed by atoms with Gasteiger partial charge in [-0.05, 0) is 31.5 Å². The minimum atomic E-state index is -0.971. The summed E-state index contributed by atoms with van der Waals surface area (Å²) in [5, 5.41) is 12.2.